The lowest BCUT2D eigenvalue weighted by Gasteiger charge is -2.17. The molecule has 0 bridgehead atoms. The monoisotopic (exact) mass is 318 g/mol. The summed E-state index contributed by atoms with van der Waals surface area (Å²) in [5.41, 5.74) is -0.461. The van der Waals surface area contributed by atoms with E-state index < -0.39 is 16.8 Å². The number of carbonyl (C=O) groups excluding carboxylic acids is 1. The van der Waals surface area contributed by atoms with Crippen LogP contribution in [0.15, 0.2) is 35.1 Å². The van der Waals surface area contributed by atoms with Crippen LogP contribution in [0.25, 0.3) is 11.3 Å². The van der Waals surface area contributed by atoms with Gasteiger partial charge < -0.3 is 4.74 Å². The average molecular weight is 318 g/mol. The van der Waals surface area contributed by atoms with Gasteiger partial charge in [-0.25, -0.2) is 9.07 Å². The summed E-state index contributed by atoms with van der Waals surface area (Å²) in [7, 11) is 1.45. The van der Waals surface area contributed by atoms with Crippen LogP contribution in [0.2, 0.25) is 0 Å². The van der Waals surface area contributed by atoms with E-state index in [4.69, 9.17) is 4.74 Å². The van der Waals surface area contributed by atoms with Crippen LogP contribution in [0.1, 0.15) is 20.8 Å². The first kappa shape index (κ1) is 16.9. The van der Waals surface area contributed by atoms with Crippen molar-refractivity contribution < 1.29 is 13.9 Å². The van der Waals surface area contributed by atoms with Gasteiger partial charge in [0.2, 0.25) is 0 Å². The maximum absolute atomic E-state index is 14.1. The molecule has 0 aliphatic carbocycles. The molecule has 0 saturated heterocycles. The van der Waals surface area contributed by atoms with Gasteiger partial charge in [0.25, 0.3) is 5.56 Å². The SMILES string of the molecule is COc1ccc(-c2ccc(=O)n(CC(=O)C(C)(C)C)n2)c(F)c1. The van der Waals surface area contributed by atoms with E-state index >= 15 is 0 Å². The first-order valence-electron chi connectivity index (χ1n) is 7.18. The maximum atomic E-state index is 14.1. The highest BCUT2D eigenvalue weighted by Gasteiger charge is 2.22. The van der Waals surface area contributed by atoms with Crippen molar-refractivity contribution in [2.24, 2.45) is 5.41 Å². The fourth-order valence-electron chi connectivity index (χ4n) is 1.91. The first-order valence-corrected chi connectivity index (χ1v) is 7.18. The normalized spacial score (nSPS) is 11.3. The highest BCUT2D eigenvalue weighted by Crippen LogP contribution is 2.24. The molecule has 0 spiro atoms. The van der Waals surface area contributed by atoms with Gasteiger partial charge in [-0.15, -0.1) is 0 Å². The lowest BCUT2D eigenvalue weighted by molar-refractivity contribution is -0.127. The summed E-state index contributed by atoms with van der Waals surface area (Å²) in [6, 6.07) is 7.09. The van der Waals surface area contributed by atoms with Gasteiger partial charge in [0.15, 0.2) is 5.78 Å². The number of nitrogens with zero attached hydrogens (tertiary/aromatic N) is 2. The van der Waals surface area contributed by atoms with Gasteiger partial charge in [0.05, 0.1) is 12.8 Å². The van der Waals surface area contributed by atoms with Gasteiger partial charge >= 0.3 is 0 Å². The van der Waals surface area contributed by atoms with Gasteiger partial charge in [0, 0.05) is 23.1 Å². The molecule has 5 nitrogen and oxygen atoms in total. The van der Waals surface area contributed by atoms with E-state index in [0.717, 1.165) is 4.68 Å². The van der Waals surface area contributed by atoms with Gasteiger partial charge in [0.1, 0.15) is 18.1 Å². The molecular weight excluding hydrogens is 299 g/mol. The minimum Gasteiger partial charge on any atom is -0.497 e. The predicted octanol–water partition coefficient (Wildman–Crippen LogP) is 2.67. The summed E-state index contributed by atoms with van der Waals surface area (Å²) in [4.78, 5) is 24.0. The van der Waals surface area contributed by atoms with E-state index in [1.54, 1.807) is 26.8 Å². The number of hydrogen-bond donors (Lipinski definition) is 0. The molecule has 0 atom stereocenters. The first-order chi connectivity index (χ1) is 10.7. The molecule has 0 radical (unpaired) electrons. The van der Waals surface area contributed by atoms with Crippen LogP contribution in [-0.4, -0.2) is 22.7 Å². The van der Waals surface area contributed by atoms with Gasteiger partial charge in [-0.1, -0.05) is 20.8 Å². The van der Waals surface area contributed by atoms with Gasteiger partial charge in [-0.05, 0) is 18.2 Å². The maximum Gasteiger partial charge on any atom is 0.267 e. The van der Waals surface area contributed by atoms with E-state index in [2.05, 4.69) is 5.10 Å². The molecule has 0 aliphatic rings. The number of hydrogen-bond acceptors (Lipinski definition) is 4. The van der Waals surface area contributed by atoms with Crippen LogP contribution < -0.4 is 10.3 Å². The Bertz CT molecular complexity index is 791. The molecule has 1 aromatic carbocycles. The van der Waals surface area contributed by atoms with Crippen LogP contribution >= 0.6 is 0 Å². The molecule has 0 amide bonds. The number of ether oxygens (including phenoxy) is 1. The summed E-state index contributed by atoms with van der Waals surface area (Å²) in [6.07, 6.45) is 0. The van der Waals surface area contributed by atoms with Gasteiger partial charge in [-0.2, -0.15) is 5.10 Å². The van der Waals surface area contributed by atoms with Crippen molar-refractivity contribution in [3.05, 3.63) is 46.5 Å². The number of carbonyl (C=O) groups is 1. The molecule has 0 unspecified atom stereocenters. The quantitative estimate of drug-likeness (QED) is 0.869. The lowest BCUT2D eigenvalue weighted by Crippen LogP contribution is -2.32. The molecule has 2 rings (SSSR count). The highest BCUT2D eigenvalue weighted by molar-refractivity contribution is 5.83. The Balaban J connectivity index is 2.41. The summed E-state index contributed by atoms with van der Waals surface area (Å²) in [5.74, 6) is -0.244. The summed E-state index contributed by atoms with van der Waals surface area (Å²) >= 11 is 0. The van der Waals surface area contributed by atoms with Crippen molar-refractivity contribution in [1.29, 1.82) is 0 Å². The van der Waals surface area contributed by atoms with Crippen molar-refractivity contribution in [3.63, 3.8) is 0 Å². The highest BCUT2D eigenvalue weighted by atomic mass is 19.1. The molecule has 1 aromatic heterocycles. The Hall–Kier alpha value is -2.50. The number of rotatable bonds is 4. The van der Waals surface area contributed by atoms with Crippen molar-refractivity contribution in [2.45, 2.75) is 27.3 Å². The molecule has 2 aromatic rings. The smallest absolute Gasteiger partial charge is 0.267 e. The number of aromatic nitrogens is 2. The molecule has 0 saturated carbocycles. The fraction of sp³-hybridized carbons (Fsp3) is 0.353. The van der Waals surface area contributed by atoms with Crippen molar-refractivity contribution >= 4 is 5.78 Å². The third-order valence-electron chi connectivity index (χ3n) is 3.45. The van der Waals surface area contributed by atoms with E-state index in [-0.39, 0.29) is 23.6 Å². The van der Waals surface area contributed by atoms with E-state index in [1.165, 1.54) is 31.4 Å². The zero-order valence-corrected chi connectivity index (χ0v) is 13.6. The molecule has 122 valence electrons. The second-order valence-electron chi connectivity index (χ2n) is 6.23. The number of halogens is 1. The Labute approximate surface area is 133 Å². The van der Waals surface area contributed by atoms with Gasteiger partial charge in [-0.3, -0.25) is 9.59 Å². The number of Topliss-reactive ketones (excluding diaryl/α,β-unsaturated/α-hetero) is 1. The van der Waals surface area contributed by atoms with E-state index in [9.17, 15) is 14.0 Å². The molecular formula is C17H19FN2O3. The number of ketones is 1. The largest absolute Gasteiger partial charge is 0.497 e. The summed E-state index contributed by atoms with van der Waals surface area (Å²) in [6.45, 7) is 5.17. The van der Waals surface area contributed by atoms with Crippen LogP contribution in [0, 0.1) is 11.2 Å². The Morgan fingerprint density at radius 2 is 1.96 bits per heavy atom. The van der Waals surface area contributed by atoms with Crippen LogP contribution in [0.4, 0.5) is 4.39 Å². The molecule has 6 heteroatoms. The summed E-state index contributed by atoms with van der Waals surface area (Å²) in [5, 5.41) is 4.11. The molecule has 0 aliphatic heterocycles. The zero-order valence-electron chi connectivity index (χ0n) is 13.6. The van der Waals surface area contributed by atoms with Crippen molar-refractivity contribution in [2.75, 3.05) is 7.11 Å². The van der Waals surface area contributed by atoms with Crippen molar-refractivity contribution in [3.8, 4) is 17.0 Å². The third kappa shape index (κ3) is 3.83. The standard InChI is InChI=1S/C17H19FN2O3/c1-17(2,3)15(21)10-20-16(22)8-7-14(19-20)12-6-5-11(23-4)9-13(12)18/h5-9H,10H2,1-4H3. The minimum absolute atomic E-state index is 0.126. The van der Waals surface area contributed by atoms with Crippen molar-refractivity contribution in [1.82, 2.24) is 9.78 Å². The predicted molar refractivity (Wildman–Crippen MR) is 84.9 cm³/mol. The number of methoxy groups -OCH3 is 1. The molecule has 0 N–H and O–H groups in total. The molecule has 1 heterocycles. The Kier molecular flexibility index (Phi) is 4.63. The van der Waals surface area contributed by atoms with Crippen LogP contribution in [-0.2, 0) is 11.3 Å². The molecule has 0 fully saturated rings. The fourth-order valence-corrected chi connectivity index (χ4v) is 1.91. The minimum atomic E-state index is -0.581. The van der Waals surface area contributed by atoms with Crippen LogP contribution in [0.5, 0.6) is 5.75 Å². The molecule has 23 heavy (non-hydrogen) atoms. The second kappa shape index (κ2) is 6.32. The second-order valence-corrected chi connectivity index (χ2v) is 6.23. The summed E-state index contributed by atoms with van der Waals surface area (Å²) < 4.78 is 20.2. The third-order valence-corrected chi connectivity index (χ3v) is 3.45. The topological polar surface area (TPSA) is 61.2 Å². The van der Waals surface area contributed by atoms with Crippen LogP contribution in [0.3, 0.4) is 0 Å². The van der Waals surface area contributed by atoms with E-state index in [1.807, 2.05) is 0 Å². The zero-order chi connectivity index (χ0) is 17.2. The van der Waals surface area contributed by atoms with E-state index in [0.29, 0.717) is 5.75 Å². The lowest BCUT2D eigenvalue weighted by atomic mass is 9.91. The number of benzene rings is 1. The average Bonchev–Trinajstić information content (AvgIpc) is 2.48. The Morgan fingerprint density at radius 3 is 2.52 bits per heavy atom. The Morgan fingerprint density at radius 1 is 1.26 bits per heavy atom.